The lowest BCUT2D eigenvalue weighted by atomic mass is 9.68. The van der Waals surface area contributed by atoms with Crippen LogP contribution in [0, 0.1) is 5.41 Å². The summed E-state index contributed by atoms with van der Waals surface area (Å²) in [5.41, 5.74) is 1.44. The third-order valence-electron chi connectivity index (χ3n) is 5.36. The fourth-order valence-electron chi connectivity index (χ4n) is 3.93. The van der Waals surface area contributed by atoms with Crippen LogP contribution >= 0.6 is 11.6 Å². The fraction of sp³-hybridized carbons (Fsp3) is 0.611. The summed E-state index contributed by atoms with van der Waals surface area (Å²) in [5.74, 6) is 0.0773. The van der Waals surface area contributed by atoms with E-state index >= 15 is 0 Å². The summed E-state index contributed by atoms with van der Waals surface area (Å²) in [6, 6.07) is 9.69. The number of piperidine rings is 1. The van der Waals surface area contributed by atoms with Crippen LogP contribution in [-0.4, -0.2) is 23.9 Å². The fourth-order valence-corrected chi connectivity index (χ4v) is 4.21. The van der Waals surface area contributed by atoms with Crippen molar-refractivity contribution < 1.29 is 4.79 Å². The van der Waals surface area contributed by atoms with E-state index in [0.717, 1.165) is 31.5 Å². The van der Waals surface area contributed by atoms with E-state index < -0.39 is 5.38 Å². The number of alkyl halides is 1. The molecule has 0 bridgehead atoms. The standard InChI is InChI=1S/C18H24ClNO/c19-16(15-7-3-1-4-8-15)17(21)20-13-11-18(12-14-20)9-5-2-6-10-18/h1,3-4,7-8,16H,2,5-6,9-14H2. The molecule has 21 heavy (non-hydrogen) atoms. The molecule has 1 spiro atoms. The van der Waals surface area contributed by atoms with E-state index in [1.807, 2.05) is 35.2 Å². The summed E-state index contributed by atoms with van der Waals surface area (Å²) in [5, 5.41) is -0.536. The van der Waals surface area contributed by atoms with E-state index in [2.05, 4.69) is 0 Å². The smallest absolute Gasteiger partial charge is 0.245 e. The Hall–Kier alpha value is -1.02. The number of hydrogen-bond acceptors (Lipinski definition) is 1. The van der Waals surface area contributed by atoms with Crippen molar-refractivity contribution in [2.45, 2.75) is 50.3 Å². The van der Waals surface area contributed by atoms with Gasteiger partial charge in [-0.2, -0.15) is 0 Å². The van der Waals surface area contributed by atoms with E-state index in [0.29, 0.717) is 5.41 Å². The van der Waals surface area contributed by atoms with Crippen LogP contribution in [0.2, 0.25) is 0 Å². The molecule has 1 aromatic carbocycles. The van der Waals surface area contributed by atoms with E-state index in [1.54, 1.807) is 0 Å². The molecule has 1 aromatic rings. The summed E-state index contributed by atoms with van der Waals surface area (Å²) in [6.45, 7) is 1.77. The van der Waals surface area contributed by atoms with Crippen molar-refractivity contribution in [3.8, 4) is 0 Å². The highest BCUT2D eigenvalue weighted by atomic mass is 35.5. The number of carbonyl (C=O) groups is 1. The van der Waals surface area contributed by atoms with Crippen LogP contribution in [0.4, 0.5) is 0 Å². The molecule has 2 fully saturated rings. The van der Waals surface area contributed by atoms with Crippen LogP contribution in [0.15, 0.2) is 30.3 Å². The minimum atomic E-state index is -0.536. The van der Waals surface area contributed by atoms with Gasteiger partial charge in [0.15, 0.2) is 0 Å². The number of rotatable bonds is 2. The van der Waals surface area contributed by atoms with Gasteiger partial charge in [0.25, 0.3) is 0 Å². The van der Waals surface area contributed by atoms with E-state index in [-0.39, 0.29) is 5.91 Å². The quantitative estimate of drug-likeness (QED) is 0.735. The minimum absolute atomic E-state index is 0.0773. The van der Waals surface area contributed by atoms with Gasteiger partial charge >= 0.3 is 0 Å². The van der Waals surface area contributed by atoms with Gasteiger partial charge in [0, 0.05) is 13.1 Å². The molecule has 1 saturated heterocycles. The zero-order valence-corrected chi connectivity index (χ0v) is 13.3. The largest absolute Gasteiger partial charge is 0.341 e. The van der Waals surface area contributed by atoms with Gasteiger partial charge in [-0.05, 0) is 36.7 Å². The molecular weight excluding hydrogens is 282 g/mol. The molecule has 1 heterocycles. The highest BCUT2D eigenvalue weighted by Gasteiger charge is 2.37. The Morgan fingerprint density at radius 1 is 1.00 bits per heavy atom. The van der Waals surface area contributed by atoms with Crippen LogP contribution in [0.1, 0.15) is 55.9 Å². The Bertz CT molecular complexity index is 471. The van der Waals surface area contributed by atoms with Crippen molar-refractivity contribution in [2.24, 2.45) is 5.41 Å². The Balaban J connectivity index is 1.60. The first-order valence-corrected chi connectivity index (χ1v) is 8.62. The summed E-state index contributed by atoms with van der Waals surface area (Å²) in [4.78, 5) is 14.5. The van der Waals surface area contributed by atoms with Gasteiger partial charge in [-0.15, -0.1) is 11.6 Å². The molecule has 3 rings (SSSR count). The van der Waals surface area contributed by atoms with Crippen LogP contribution < -0.4 is 0 Å². The number of nitrogens with zero attached hydrogens (tertiary/aromatic N) is 1. The molecule has 2 nitrogen and oxygen atoms in total. The van der Waals surface area contributed by atoms with E-state index in [9.17, 15) is 4.79 Å². The number of likely N-dealkylation sites (tertiary alicyclic amines) is 1. The van der Waals surface area contributed by atoms with Gasteiger partial charge in [0.05, 0.1) is 0 Å². The molecule has 0 N–H and O–H groups in total. The first kappa shape index (κ1) is 14.9. The van der Waals surface area contributed by atoms with Crippen LogP contribution in [-0.2, 0) is 4.79 Å². The summed E-state index contributed by atoms with van der Waals surface area (Å²) in [7, 11) is 0. The third kappa shape index (κ3) is 3.26. The van der Waals surface area contributed by atoms with Crippen LogP contribution in [0.5, 0.6) is 0 Å². The molecular formula is C18H24ClNO. The predicted molar refractivity (Wildman–Crippen MR) is 86.4 cm³/mol. The topological polar surface area (TPSA) is 20.3 Å². The maximum Gasteiger partial charge on any atom is 0.245 e. The number of carbonyl (C=O) groups excluding carboxylic acids is 1. The Kier molecular flexibility index (Phi) is 4.54. The molecule has 3 heteroatoms. The lowest BCUT2D eigenvalue weighted by molar-refractivity contribution is -0.133. The average Bonchev–Trinajstić information content (AvgIpc) is 2.56. The van der Waals surface area contributed by atoms with E-state index in [4.69, 9.17) is 11.6 Å². The molecule has 1 unspecified atom stereocenters. The molecule has 1 saturated carbocycles. The molecule has 0 aromatic heterocycles. The Morgan fingerprint density at radius 2 is 1.62 bits per heavy atom. The van der Waals surface area contributed by atoms with Crippen molar-refractivity contribution in [3.05, 3.63) is 35.9 Å². The summed E-state index contributed by atoms with van der Waals surface area (Å²) >= 11 is 6.38. The van der Waals surface area contributed by atoms with Crippen molar-refractivity contribution in [1.29, 1.82) is 0 Å². The normalized spacial score (nSPS) is 23.0. The Morgan fingerprint density at radius 3 is 2.24 bits per heavy atom. The highest BCUT2D eigenvalue weighted by Crippen LogP contribution is 2.44. The molecule has 114 valence electrons. The monoisotopic (exact) mass is 305 g/mol. The average molecular weight is 306 g/mol. The van der Waals surface area contributed by atoms with Crippen molar-refractivity contribution in [3.63, 3.8) is 0 Å². The Labute approximate surface area is 132 Å². The predicted octanol–water partition coefficient (Wildman–Crippen LogP) is 4.54. The van der Waals surface area contributed by atoms with Crippen molar-refractivity contribution in [2.75, 3.05) is 13.1 Å². The number of hydrogen-bond donors (Lipinski definition) is 0. The third-order valence-corrected chi connectivity index (χ3v) is 5.80. The van der Waals surface area contributed by atoms with E-state index in [1.165, 1.54) is 32.1 Å². The molecule has 1 aliphatic carbocycles. The zero-order chi connectivity index (χ0) is 14.7. The van der Waals surface area contributed by atoms with Crippen molar-refractivity contribution in [1.82, 2.24) is 4.90 Å². The number of halogens is 1. The lowest BCUT2D eigenvalue weighted by Crippen LogP contribution is -2.44. The van der Waals surface area contributed by atoms with Gasteiger partial charge in [-0.1, -0.05) is 49.6 Å². The summed E-state index contributed by atoms with van der Waals surface area (Å²) in [6.07, 6.45) is 9.18. The maximum absolute atomic E-state index is 12.6. The molecule has 0 radical (unpaired) electrons. The molecule has 2 aliphatic rings. The van der Waals surface area contributed by atoms with Gasteiger partial charge in [0.2, 0.25) is 5.91 Å². The molecule has 1 aliphatic heterocycles. The highest BCUT2D eigenvalue weighted by molar-refractivity contribution is 6.30. The second-order valence-corrected chi connectivity index (χ2v) is 7.10. The number of amides is 1. The molecule has 1 atom stereocenters. The summed E-state index contributed by atoms with van der Waals surface area (Å²) < 4.78 is 0. The van der Waals surface area contributed by atoms with Crippen LogP contribution in [0.3, 0.4) is 0 Å². The first-order valence-electron chi connectivity index (χ1n) is 8.18. The van der Waals surface area contributed by atoms with Crippen LogP contribution in [0.25, 0.3) is 0 Å². The molecule has 1 amide bonds. The van der Waals surface area contributed by atoms with Gasteiger partial charge in [-0.25, -0.2) is 0 Å². The zero-order valence-electron chi connectivity index (χ0n) is 12.6. The number of benzene rings is 1. The van der Waals surface area contributed by atoms with Gasteiger partial charge in [-0.3, -0.25) is 4.79 Å². The van der Waals surface area contributed by atoms with Crippen molar-refractivity contribution >= 4 is 17.5 Å². The second kappa shape index (κ2) is 6.39. The SMILES string of the molecule is O=C(C(Cl)c1ccccc1)N1CCC2(CCCCC2)CC1. The second-order valence-electron chi connectivity index (χ2n) is 6.66. The first-order chi connectivity index (χ1) is 10.2. The minimum Gasteiger partial charge on any atom is -0.341 e. The van der Waals surface area contributed by atoms with Gasteiger partial charge in [0.1, 0.15) is 5.38 Å². The van der Waals surface area contributed by atoms with Gasteiger partial charge < -0.3 is 4.90 Å². The lowest BCUT2D eigenvalue weighted by Gasteiger charge is -2.44. The maximum atomic E-state index is 12.6.